The van der Waals surface area contributed by atoms with Crippen LogP contribution in [-0.4, -0.2) is 27.0 Å². The maximum Gasteiger partial charge on any atom is 0.136 e. The second-order valence-corrected chi connectivity index (χ2v) is 6.61. The van der Waals surface area contributed by atoms with E-state index in [4.69, 9.17) is 4.74 Å². The molecule has 0 aliphatic carbocycles. The summed E-state index contributed by atoms with van der Waals surface area (Å²) in [6.07, 6.45) is 4.96. The van der Waals surface area contributed by atoms with Crippen LogP contribution in [0, 0.1) is 5.82 Å². The first kappa shape index (κ1) is 19.4. The Morgan fingerprint density at radius 1 is 0.833 bits per heavy atom. The van der Waals surface area contributed by atoms with Gasteiger partial charge in [0.2, 0.25) is 0 Å². The van der Waals surface area contributed by atoms with Crippen molar-refractivity contribution in [2.75, 3.05) is 12.0 Å². The van der Waals surface area contributed by atoms with Crippen molar-refractivity contribution in [2.45, 2.75) is 13.1 Å². The lowest BCUT2D eigenvalue weighted by Gasteiger charge is -2.23. The monoisotopic (exact) mass is 401 g/mol. The van der Waals surface area contributed by atoms with Gasteiger partial charge in [0, 0.05) is 30.1 Å². The van der Waals surface area contributed by atoms with Crippen LogP contribution >= 0.6 is 0 Å². The van der Waals surface area contributed by atoms with Gasteiger partial charge in [-0.1, -0.05) is 12.1 Å². The number of rotatable bonds is 7. The van der Waals surface area contributed by atoms with Crippen LogP contribution in [0.4, 0.5) is 10.2 Å². The van der Waals surface area contributed by atoms with E-state index in [1.807, 2.05) is 41.3 Å². The molecule has 0 unspecified atom stereocenters. The van der Waals surface area contributed by atoms with Crippen molar-refractivity contribution in [1.29, 1.82) is 0 Å². The summed E-state index contributed by atoms with van der Waals surface area (Å²) in [6.45, 7) is 1.05. The molecule has 1 aromatic carbocycles. The van der Waals surface area contributed by atoms with E-state index in [1.54, 1.807) is 30.6 Å². The zero-order chi connectivity index (χ0) is 20.8. The molecule has 0 fully saturated rings. The third kappa shape index (κ3) is 4.57. The molecule has 6 nitrogen and oxygen atoms in total. The van der Waals surface area contributed by atoms with Crippen molar-refractivity contribution < 1.29 is 9.13 Å². The predicted octanol–water partition coefficient (Wildman–Crippen LogP) is 4.29. The summed E-state index contributed by atoms with van der Waals surface area (Å²) in [5, 5.41) is 0. The molecule has 0 saturated carbocycles. The van der Waals surface area contributed by atoms with Crippen LogP contribution in [0.5, 0.6) is 5.75 Å². The highest BCUT2D eigenvalue weighted by Crippen LogP contribution is 2.27. The van der Waals surface area contributed by atoms with Crippen molar-refractivity contribution in [2.24, 2.45) is 0 Å². The Bertz CT molecular complexity index is 1070. The van der Waals surface area contributed by atoms with Crippen LogP contribution in [0.25, 0.3) is 11.3 Å². The topological polar surface area (TPSA) is 64.0 Å². The van der Waals surface area contributed by atoms with E-state index in [2.05, 4.69) is 19.9 Å². The highest BCUT2D eigenvalue weighted by atomic mass is 19.1. The highest BCUT2D eigenvalue weighted by molar-refractivity contribution is 5.64. The van der Waals surface area contributed by atoms with Crippen LogP contribution in [-0.2, 0) is 13.1 Å². The van der Waals surface area contributed by atoms with E-state index in [1.165, 1.54) is 19.5 Å². The fourth-order valence-electron chi connectivity index (χ4n) is 3.09. The average molecular weight is 401 g/mol. The molecule has 7 heteroatoms. The molecule has 0 aliphatic heterocycles. The lowest BCUT2D eigenvalue weighted by molar-refractivity contribution is 0.411. The Kier molecular flexibility index (Phi) is 5.89. The molecule has 3 aromatic heterocycles. The summed E-state index contributed by atoms with van der Waals surface area (Å²) < 4.78 is 19.7. The summed E-state index contributed by atoms with van der Waals surface area (Å²) >= 11 is 0. The third-order valence-electron chi connectivity index (χ3n) is 4.59. The quantitative estimate of drug-likeness (QED) is 0.460. The van der Waals surface area contributed by atoms with Crippen LogP contribution in [0.15, 0.2) is 79.4 Å². The number of ether oxygens (including phenoxy) is 1. The SMILES string of the molecule is COc1ccc(-c2cc(N(Cc3ccccn3)Cc3ccccn3)ncn2)c(F)c1. The summed E-state index contributed by atoms with van der Waals surface area (Å²) in [6, 6.07) is 18.0. The van der Waals surface area contributed by atoms with Gasteiger partial charge in [-0.2, -0.15) is 0 Å². The van der Waals surface area contributed by atoms with E-state index in [0.717, 1.165) is 11.4 Å². The van der Waals surface area contributed by atoms with E-state index in [-0.39, 0.29) is 0 Å². The molecule has 0 spiro atoms. The van der Waals surface area contributed by atoms with Crippen LogP contribution < -0.4 is 9.64 Å². The van der Waals surface area contributed by atoms with Gasteiger partial charge >= 0.3 is 0 Å². The summed E-state index contributed by atoms with van der Waals surface area (Å²) in [7, 11) is 1.50. The maximum atomic E-state index is 14.6. The molecule has 0 amide bonds. The molecule has 150 valence electrons. The lowest BCUT2D eigenvalue weighted by atomic mass is 10.1. The fraction of sp³-hybridized carbons (Fsp3) is 0.130. The number of halogens is 1. The summed E-state index contributed by atoms with van der Waals surface area (Å²) in [5.74, 6) is 0.712. The zero-order valence-corrected chi connectivity index (χ0v) is 16.4. The van der Waals surface area contributed by atoms with Crippen molar-refractivity contribution in [3.05, 3.63) is 96.6 Å². The number of anilines is 1. The van der Waals surface area contributed by atoms with Gasteiger partial charge in [-0.15, -0.1) is 0 Å². The number of hydrogen-bond acceptors (Lipinski definition) is 6. The van der Waals surface area contributed by atoms with Gasteiger partial charge in [0.1, 0.15) is 23.7 Å². The van der Waals surface area contributed by atoms with E-state index < -0.39 is 5.82 Å². The van der Waals surface area contributed by atoms with E-state index in [0.29, 0.717) is 35.9 Å². The van der Waals surface area contributed by atoms with Crippen molar-refractivity contribution in [3.8, 4) is 17.0 Å². The zero-order valence-electron chi connectivity index (χ0n) is 16.4. The van der Waals surface area contributed by atoms with Gasteiger partial charge in [0.15, 0.2) is 0 Å². The molecule has 4 rings (SSSR count). The predicted molar refractivity (Wildman–Crippen MR) is 112 cm³/mol. The lowest BCUT2D eigenvalue weighted by Crippen LogP contribution is -2.24. The molecule has 0 bridgehead atoms. The van der Waals surface area contributed by atoms with Gasteiger partial charge < -0.3 is 9.64 Å². The first-order valence-electron chi connectivity index (χ1n) is 9.43. The van der Waals surface area contributed by atoms with Gasteiger partial charge in [-0.25, -0.2) is 14.4 Å². The first-order chi connectivity index (χ1) is 14.7. The molecule has 3 heterocycles. The van der Waals surface area contributed by atoms with Crippen molar-refractivity contribution >= 4 is 5.82 Å². The minimum atomic E-state index is -0.403. The standard InChI is InChI=1S/C23H20FN5O/c1-30-19-8-9-20(21(24)12-19)22-13-23(28-16-27-22)29(14-17-6-2-4-10-25-17)15-18-7-3-5-11-26-18/h2-13,16H,14-15H2,1H3. The van der Waals surface area contributed by atoms with Crippen LogP contribution in [0.1, 0.15) is 11.4 Å². The number of pyridine rings is 2. The average Bonchev–Trinajstić information content (AvgIpc) is 2.80. The van der Waals surface area contributed by atoms with Crippen LogP contribution in [0.2, 0.25) is 0 Å². The molecule has 0 atom stereocenters. The molecule has 0 radical (unpaired) electrons. The normalized spacial score (nSPS) is 10.6. The Hall–Kier alpha value is -3.87. The molecule has 0 aliphatic rings. The number of hydrogen-bond donors (Lipinski definition) is 0. The van der Waals surface area contributed by atoms with Crippen molar-refractivity contribution in [1.82, 2.24) is 19.9 Å². The Morgan fingerprint density at radius 3 is 2.10 bits per heavy atom. The fourth-order valence-corrected chi connectivity index (χ4v) is 3.09. The van der Waals surface area contributed by atoms with Crippen molar-refractivity contribution in [3.63, 3.8) is 0 Å². The molecular weight excluding hydrogens is 381 g/mol. The number of aromatic nitrogens is 4. The first-order valence-corrected chi connectivity index (χ1v) is 9.43. The maximum absolute atomic E-state index is 14.6. The summed E-state index contributed by atoms with van der Waals surface area (Å²) in [4.78, 5) is 19.6. The van der Waals surface area contributed by atoms with E-state index in [9.17, 15) is 4.39 Å². The smallest absolute Gasteiger partial charge is 0.136 e. The molecule has 30 heavy (non-hydrogen) atoms. The third-order valence-corrected chi connectivity index (χ3v) is 4.59. The van der Waals surface area contributed by atoms with Gasteiger partial charge in [0.05, 0.1) is 37.3 Å². The number of nitrogens with zero attached hydrogens (tertiary/aromatic N) is 5. The Balaban J connectivity index is 1.69. The largest absolute Gasteiger partial charge is 0.497 e. The summed E-state index contributed by atoms with van der Waals surface area (Å²) in [5.41, 5.74) is 2.66. The molecule has 0 saturated heterocycles. The van der Waals surface area contributed by atoms with Gasteiger partial charge in [-0.3, -0.25) is 9.97 Å². The van der Waals surface area contributed by atoms with Gasteiger partial charge in [0.25, 0.3) is 0 Å². The molecule has 0 N–H and O–H groups in total. The number of benzene rings is 1. The van der Waals surface area contributed by atoms with Gasteiger partial charge in [-0.05, 0) is 36.4 Å². The minimum Gasteiger partial charge on any atom is -0.497 e. The second-order valence-electron chi connectivity index (χ2n) is 6.61. The minimum absolute atomic E-state index is 0.384. The Morgan fingerprint density at radius 2 is 1.53 bits per heavy atom. The molecular formula is C23H20FN5O. The Labute approximate surface area is 174 Å². The van der Waals surface area contributed by atoms with E-state index >= 15 is 0 Å². The highest BCUT2D eigenvalue weighted by Gasteiger charge is 2.15. The van der Waals surface area contributed by atoms with Crippen LogP contribution in [0.3, 0.4) is 0 Å². The second kappa shape index (κ2) is 9.09. The molecule has 4 aromatic rings. The number of methoxy groups -OCH3 is 1.